The van der Waals surface area contributed by atoms with Crippen LogP contribution in [0.4, 0.5) is 0 Å². The summed E-state index contributed by atoms with van der Waals surface area (Å²) in [6, 6.07) is 10.3. The second kappa shape index (κ2) is 7.15. The number of rotatable bonds is 1. The molecule has 2 fully saturated rings. The molecule has 0 N–H and O–H groups in total. The summed E-state index contributed by atoms with van der Waals surface area (Å²) in [6.45, 7) is 6.61. The lowest BCUT2D eigenvalue weighted by atomic mass is 9.48. The fourth-order valence-corrected chi connectivity index (χ4v) is 7.86. The molecule has 0 amide bonds. The van der Waals surface area contributed by atoms with Gasteiger partial charge in [-0.2, -0.15) is 5.26 Å². The van der Waals surface area contributed by atoms with Crippen molar-refractivity contribution < 1.29 is 9.21 Å². The van der Waals surface area contributed by atoms with E-state index in [1.807, 2.05) is 37.3 Å². The van der Waals surface area contributed by atoms with E-state index in [0.29, 0.717) is 23.5 Å². The minimum absolute atomic E-state index is 0.0845. The van der Waals surface area contributed by atoms with Gasteiger partial charge in [-0.15, -0.1) is 0 Å². The van der Waals surface area contributed by atoms with E-state index < -0.39 is 5.63 Å². The molecule has 0 saturated heterocycles. The first-order chi connectivity index (χ1) is 16.3. The highest BCUT2D eigenvalue weighted by Crippen LogP contribution is 2.64. The molecule has 0 bridgehead atoms. The minimum Gasteiger partial charge on any atom is -0.421 e. The van der Waals surface area contributed by atoms with Gasteiger partial charge in [0.15, 0.2) is 5.78 Å². The highest BCUT2D eigenvalue weighted by atomic mass is 16.4. The minimum atomic E-state index is -0.518. The van der Waals surface area contributed by atoms with Crippen molar-refractivity contribution in [2.75, 3.05) is 0 Å². The molecule has 0 spiro atoms. The molecular formula is C30H29NO3. The van der Waals surface area contributed by atoms with Crippen LogP contribution in [0, 0.1) is 41.4 Å². The standard InChI is InChI=1S/C30H29NO3/c1-17-4-6-18(7-5-17)27-22-15-25-21-9-8-19-14-20(32)10-12-29(19,2)24(21)11-13-30(25,3)26(22)23(16-31)28(33)34-27/h4-7,10,12,14,21,24-25H,8-9,11,13,15H2,1-3H3/t21?,24?,25?,29-,30-/m0/s1. The van der Waals surface area contributed by atoms with Crippen molar-refractivity contribution >= 4 is 5.78 Å². The summed E-state index contributed by atoms with van der Waals surface area (Å²) in [5, 5.41) is 9.98. The fraction of sp³-hybridized carbons (Fsp3) is 0.433. The Balaban J connectivity index is 1.49. The Morgan fingerprint density at radius 1 is 1.09 bits per heavy atom. The smallest absolute Gasteiger partial charge is 0.354 e. The van der Waals surface area contributed by atoms with Gasteiger partial charge in [0.1, 0.15) is 17.4 Å². The Labute approximate surface area is 200 Å². The number of carbonyl (C=O) groups is 1. The molecule has 1 aromatic heterocycles. The van der Waals surface area contributed by atoms with E-state index in [1.54, 1.807) is 6.08 Å². The highest BCUT2D eigenvalue weighted by Gasteiger charge is 2.58. The van der Waals surface area contributed by atoms with E-state index in [2.05, 4.69) is 26.0 Å². The normalized spacial score (nSPS) is 33.3. The molecule has 4 aliphatic carbocycles. The number of hydrogen-bond acceptors (Lipinski definition) is 4. The van der Waals surface area contributed by atoms with Gasteiger partial charge in [0.05, 0.1) is 0 Å². The number of aryl methyl sites for hydroxylation is 1. The first-order valence-electron chi connectivity index (χ1n) is 12.4. The highest BCUT2D eigenvalue weighted by molar-refractivity contribution is 6.01. The first kappa shape index (κ1) is 21.4. The lowest BCUT2D eigenvalue weighted by Gasteiger charge is -2.56. The van der Waals surface area contributed by atoms with Crippen molar-refractivity contribution in [3.05, 3.63) is 80.7 Å². The van der Waals surface area contributed by atoms with Gasteiger partial charge in [0.25, 0.3) is 0 Å². The first-order valence-corrected chi connectivity index (χ1v) is 12.4. The topological polar surface area (TPSA) is 71.1 Å². The Bertz CT molecular complexity index is 1390. The van der Waals surface area contributed by atoms with E-state index in [-0.39, 0.29) is 22.2 Å². The number of hydrogen-bond donors (Lipinski definition) is 0. The molecule has 2 aromatic rings. The zero-order valence-electron chi connectivity index (χ0n) is 20.0. The Hall–Kier alpha value is -3.19. The molecular weight excluding hydrogens is 422 g/mol. The van der Waals surface area contributed by atoms with Crippen molar-refractivity contribution in [3.8, 4) is 17.4 Å². The molecule has 6 rings (SSSR count). The monoisotopic (exact) mass is 451 g/mol. The number of fused-ring (bicyclic) bond motifs is 7. The number of benzene rings is 1. The van der Waals surface area contributed by atoms with Gasteiger partial charge >= 0.3 is 5.63 Å². The molecule has 4 heteroatoms. The predicted molar refractivity (Wildman–Crippen MR) is 130 cm³/mol. The Kier molecular flexibility index (Phi) is 4.49. The number of carbonyl (C=O) groups excluding carboxylic acids is 1. The van der Waals surface area contributed by atoms with Crippen LogP contribution in [0.2, 0.25) is 0 Å². The van der Waals surface area contributed by atoms with Gasteiger partial charge in [-0.25, -0.2) is 4.79 Å². The summed E-state index contributed by atoms with van der Waals surface area (Å²) in [5.74, 6) is 2.02. The van der Waals surface area contributed by atoms with Crippen molar-refractivity contribution in [2.45, 2.75) is 58.3 Å². The van der Waals surface area contributed by atoms with E-state index in [9.17, 15) is 14.9 Å². The number of nitrogens with zero attached hydrogens (tertiary/aromatic N) is 1. The van der Waals surface area contributed by atoms with Crippen molar-refractivity contribution in [2.24, 2.45) is 23.2 Å². The number of nitriles is 1. The lowest BCUT2D eigenvalue weighted by molar-refractivity contribution is -0.111. The van der Waals surface area contributed by atoms with Crippen LogP contribution in [0.25, 0.3) is 11.3 Å². The maximum Gasteiger partial charge on any atom is 0.354 e. The van der Waals surface area contributed by atoms with E-state index in [1.165, 1.54) is 5.57 Å². The van der Waals surface area contributed by atoms with Crippen LogP contribution in [-0.4, -0.2) is 5.78 Å². The van der Waals surface area contributed by atoms with Crippen molar-refractivity contribution in [1.82, 2.24) is 0 Å². The molecule has 5 atom stereocenters. The number of ketones is 1. The molecule has 2 saturated carbocycles. The maximum absolute atomic E-state index is 13.0. The molecule has 3 unspecified atom stereocenters. The second-order valence-corrected chi connectivity index (χ2v) is 11.2. The molecule has 172 valence electrons. The summed E-state index contributed by atoms with van der Waals surface area (Å²) in [7, 11) is 0. The zero-order valence-corrected chi connectivity index (χ0v) is 20.0. The second-order valence-electron chi connectivity index (χ2n) is 11.2. The third kappa shape index (κ3) is 2.76. The Morgan fingerprint density at radius 2 is 1.85 bits per heavy atom. The average Bonchev–Trinajstić information content (AvgIpc) is 3.13. The molecule has 0 radical (unpaired) electrons. The van der Waals surface area contributed by atoms with Crippen molar-refractivity contribution in [3.63, 3.8) is 0 Å². The third-order valence-electron chi connectivity index (χ3n) is 9.59. The molecule has 1 heterocycles. The lowest BCUT2D eigenvalue weighted by Crippen LogP contribution is -2.50. The maximum atomic E-state index is 13.0. The summed E-state index contributed by atoms with van der Waals surface area (Å²) in [6.07, 6.45) is 10.5. The van der Waals surface area contributed by atoms with Gasteiger partial charge in [-0.1, -0.05) is 55.3 Å². The van der Waals surface area contributed by atoms with Gasteiger partial charge in [0, 0.05) is 16.5 Å². The van der Waals surface area contributed by atoms with Crippen molar-refractivity contribution in [1.29, 1.82) is 5.26 Å². The van der Waals surface area contributed by atoms with Gasteiger partial charge < -0.3 is 4.42 Å². The summed E-state index contributed by atoms with van der Waals surface area (Å²) in [4.78, 5) is 25.1. The summed E-state index contributed by atoms with van der Waals surface area (Å²) >= 11 is 0. The molecule has 1 aromatic carbocycles. The van der Waals surface area contributed by atoms with Crippen LogP contribution in [0.3, 0.4) is 0 Å². The van der Waals surface area contributed by atoms with Crippen LogP contribution in [-0.2, 0) is 16.6 Å². The SMILES string of the molecule is Cc1ccc(-c2oc(=O)c(C#N)c3c2CC2C4CCC5=CC(=O)C=C[C@]5(C)C4CC[C@]32C)cc1. The van der Waals surface area contributed by atoms with Crippen LogP contribution in [0.5, 0.6) is 0 Å². The largest absolute Gasteiger partial charge is 0.421 e. The van der Waals surface area contributed by atoms with Gasteiger partial charge in [0.2, 0.25) is 0 Å². The quantitative estimate of drug-likeness (QED) is 0.549. The van der Waals surface area contributed by atoms with E-state index in [0.717, 1.165) is 54.4 Å². The van der Waals surface area contributed by atoms with Gasteiger partial charge in [-0.05, 0) is 79.9 Å². The zero-order chi connectivity index (χ0) is 23.8. The molecule has 4 aliphatic rings. The summed E-state index contributed by atoms with van der Waals surface area (Å²) < 4.78 is 5.84. The van der Waals surface area contributed by atoms with Crippen LogP contribution >= 0.6 is 0 Å². The summed E-state index contributed by atoms with van der Waals surface area (Å²) in [5.41, 5.74) is 4.68. The number of allylic oxidation sites excluding steroid dienone is 4. The fourth-order valence-electron chi connectivity index (χ4n) is 7.86. The van der Waals surface area contributed by atoms with E-state index in [4.69, 9.17) is 4.42 Å². The van der Waals surface area contributed by atoms with Gasteiger partial charge in [-0.3, -0.25) is 4.79 Å². The average molecular weight is 452 g/mol. The molecule has 4 nitrogen and oxygen atoms in total. The predicted octanol–water partition coefficient (Wildman–Crippen LogP) is 5.81. The third-order valence-corrected chi connectivity index (χ3v) is 9.59. The van der Waals surface area contributed by atoms with Crippen LogP contribution in [0.15, 0.2) is 57.3 Å². The van der Waals surface area contributed by atoms with Crippen LogP contribution < -0.4 is 5.63 Å². The van der Waals surface area contributed by atoms with E-state index >= 15 is 0 Å². The molecule has 34 heavy (non-hydrogen) atoms. The Morgan fingerprint density at radius 3 is 2.59 bits per heavy atom. The van der Waals surface area contributed by atoms with Crippen LogP contribution in [0.1, 0.15) is 61.8 Å². The molecule has 0 aliphatic heterocycles.